The average molecular weight is 222 g/mol. The molecule has 1 aromatic rings. The van der Waals surface area contributed by atoms with E-state index in [-0.39, 0.29) is 18.0 Å². The molecule has 4 heteroatoms. The maximum atomic E-state index is 10.9. The van der Waals surface area contributed by atoms with E-state index in [0.29, 0.717) is 0 Å². The lowest BCUT2D eigenvalue weighted by atomic mass is 10.1. The second-order valence-corrected chi connectivity index (χ2v) is 3.79. The lowest BCUT2D eigenvalue weighted by molar-refractivity contribution is -0.119. The van der Waals surface area contributed by atoms with Gasteiger partial charge in [-0.1, -0.05) is 12.1 Å². The van der Waals surface area contributed by atoms with E-state index in [0.717, 1.165) is 11.3 Å². The summed E-state index contributed by atoms with van der Waals surface area (Å²) in [6.45, 7) is 3.74. The number of hydrogen-bond donors (Lipinski definition) is 2. The Hall–Kier alpha value is -1.55. The molecule has 0 aliphatic carbocycles. The first-order valence-corrected chi connectivity index (χ1v) is 5.24. The quantitative estimate of drug-likeness (QED) is 0.787. The van der Waals surface area contributed by atoms with Crippen LogP contribution in [0.2, 0.25) is 0 Å². The Bertz CT molecular complexity index is 349. The molecule has 0 radical (unpaired) electrons. The molecule has 3 N–H and O–H groups in total. The summed E-state index contributed by atoms with van der Waals surface area (Å²) in [5.74, 6) is 0.472. The fourth-order valence-electron chi connectivity index (χ4n) is 1.45. The van der Waals surface area contributed by atoms with E-state index in [2.05, 4.69) is 5.32 Å². The Kier molecular flexibility index (Phi) is 4.31. The maximum absolute atomic E-state index is 10.9. The first-order valence-electron chi connectivity index (χ1n) is 5.24. The summed E-state index contributed by atoms with van der Waals surface area (Å²) >= 11 is 0. The minimum absolute atomic E-state index is 0.0772. The number of methoxy groups -OCH3 is 1. The van der Waals surface area contributed by atoms with Gasteiger partial charge in [0.1, 0.15) is 5.75 Å². The Morgan fingerprint density at radius 1 is 1.31 bits per heavy atom. The van der Waals surface area contributed by atoms with Gasteiger partial charge in [0.05, 0.1) is 13.2 Å². The second kappa shape index (κ2) is 5.51. The van der Waals surface area contributed by atoms with Gasteiger partial charge in [-0.15, -0.1) is 0 Å². The van der Waals surface area contributed by atoms with Gasteiger partial charge in [0.2, 0.25) is 5.91 Å². The predicted molar refractivity (Wildman–Crippen MR) is 63.2 cm³/mol. The molecule has 0 heterocycles. The fourth-order valence-corrected chi connectivity index (χ4v) is 1.45. The molecular weight excluding hydrogens is 204 g/mol. The summed E-state index contributed by atoms with van der Waals surface area (Å²) in [6.07, 6.45) is 0. The SMILES string of the molecule is COc1ccc([C@H](C)NC(C)C(N)=O)cc1. The third-order valence-electron chi connectivity index (χ3n) is 2.54. The van der Waals surface area contributed by atoms with E-state index in [9.17, 15) is 4.79 Å². The highest BCUT2D eigenvalue weighted by Gasteiger charge is 2.13. The zero-order chi connectivity index (χ0) is 12.1. The van der Waals surface area contributed by atoms with Crippen LogP contribution in [-0.4, -0.2) is 19.1 Å². The summed E-state index contributed by atoms with van der Waals surface area (Å²) in [7, 11) is 1.63. The Labute approximate surface area is 95.8 Å². The van der Waals surface area contributed by atoms with Crippen LogP contribution in [0, 0.1) is 0 Å². The molecule has 0 saturated heterocycles. The van der Waals surface area contributed by atoms with Gasteiger partial charge in [0.25, 0.3) is 0 Å². The van der Waals surface area contributed by atoms with Gasteiger partial charge >= 0.3 is 0 Å². The molecule has 2 atom stereocenters. The van der Waals surface area contributed by atoms with Gasteiger partial charge in [-0.05, 0) is 31.5 Å². The van der Waals surface area contributed by atoms with Gasteiger partial charge < -0.3 is 10.5 Å². The lowest BCUT2D eigenvalue weighted by Gasteiger charge is -2.18. The minimum Gasteiger partial charge on any atom is -0.497 e. The minimum atomic E-state index is -0.347. The molecule has 88 valence electrons. The van der Waals surface area contributed by atoms with Crippen molar-refractivity contribution in [3.05, 3.63) is 29.8 Å². The van der Waals surface area contributed by atoms with Gasteiger partial charge in [-0.25, -0.2) is 0 Å². The summed E-state index contributed by atoms with van der Waals surface area (Å²) in [6, 6.07) is 7.45. The van der Waals surface area contributed by atoms with Crippen LogP contribution in [0.25, 0.3) is 0 Å². The van der Waals surface area contributed by atoms with E-state index in [1.165, 1.54) is 0 Å². The smallest absolute Gasteiger partial charge is 0.234 e. The van der Waals surface area contributed by atoms with Crippen LogP contribution in [0.15, 0.2) is 24.3 Å². The van der Waals surface area contributed by atoms with Crippen LogP contribution in [0.4, 0.5) is 0 Å². The highest BCUT2D eigenvalue weighted by atomic mass is 16.5. The molecule has 1 rings (SSSR count). The highest BCUT2D eigenvalue weighted by Crippen LogP contribution is 2.17. The van der Waals surface area contributed by atoms with Crippen molar-refractivity contribution in [2.45, 2.75) is 25.9 Å². The molecule has 16 heavy (non-hydrogen) atoms. The van der Waals surface area contributed by atoms with Crippen molar-refractivity contribution in [2.75, 3.05) is 7.11 Å². The average Bonchev–Trinajstić information content (AvgIpc) is 2.28. The molecule has 1 unspecified atom stereocenters. The van der Waals surface area contributed by atoms with Gasteiger partial charge in [0.15, 0.2) is 0 Å². The number of nitrogens with one attached hydrogen (secondary N) is 1. The number of carbonyl (C=O) groups excluding carboxylic acids is 1. The topological polar surface area (TPSA) is 64.3 Å². The monoisotopic (exact) mass is 222 g/mol. The summed E-state index contributed by atoms with van der Waals surface area (Å²) in [5, 5.41) is 3.12. The van der Waals surface area contributed by atoms with Crippen molar-refractivity contribution >= 4 is 5.91 Å². The van der Waals surface area contributed by atoms with Crippen LogP contribution in [0.5, 0.6) is 5.75 Å². The molecule has 0 aliphatic rings. The predicted octanol–water partition coefficient (Wildman–Crippen LogP) is 1.22. The molecule has 1 amide bonds. The van der Waals surface area contributed by atoms with E-state index in [1.54, 1.807) is 14.0 Å². The summed E-state index contributed by atoms with van der Waals surface area (Å²) in [4.78, 5) is 10.9. The molecule has 1 aromatic carbocycles. The first kappa shape index (κ1) is 12.5. The third kappa shape index (κ3) is 3.24. The number of carbonyl (C=O) groups is 1. The first-order chi connectivity index (χ1) is 7.54. The van der Waals surface area contributed by atoms with Crippen molar-refractivity contribution in [3.8, 4) is 5.75 Å². The molecule has 0 saturated carbocycles. The number of nitrogens with two attached hydrogens (primary N) is 1. The molecule has 0 spiro atoms. The molecule has 0 fully saturated rings. The standard InChI is InChI=1S/C12H18N2O2/c1-8(14-9(2)12(13)15)10-4-6-11(16-3)7-5-10/h4-9,14H,1-3H3,(H2,13,15)/t8-,9?/m0/s1. The highest BCUT2D eigenvalue weighted by molar-refractivity contribution is 5.79. The fraction of sp³-hybridized carbons (Fsp3) is 0.417. The van der Waals surface area contributed by atoms with Crippen molar-refractivity contribution in [3.63, 3.8) is 0 Å². The molecule has 4 nitrogen and oxygen atoms in total. The zero-order valence-electron chi connectivity index (χ0n) is 9.86. The van der Waals surface area contributed by atoms with E-state index in [1.807, 2.05) is 31.2 Å². The van der Waals surface area contributed by atoms with Crippen molar-refractivity contribution < 1.29 is 9.53 Å². The molecule has 0 aliphatic heterocycles. The van der Waals surface area contributed by atoms with Gasteiger partial charge in [-0.3, -0.25) is 10.1 Å². The van der Waals surface area contributed by atoms with Crippen molar-refractivity contribution in [1.82, 2.24) is 5.32 Å². The van der Waals surface area contributed by atoms with Gasteiger partial charge in [-0.2, -0.15) is 0 Å². The zero-order valence-corrected chi connectivity index (χ0v) is 9.86. The molecule has 0 bridgehead atoms. The summed E-state index contributed by atoms with van der Waals surface area (Å²) in [5.41, 5.74) is 6.28. The van der Waals surface area contributed by atoms with E-state index >= 15 is 0 Å². The van der Waals surface area contributed by atoms with Crippen LogP contribution in [-0.2, 0) is 4.79 Å². The largest absolute Gasteiger partial charge is 0.497 e. The Balaban J connectivity index is 2.65. The van der Waals surface area contributed by atoms with Crippen LogP contribution < -0.4 is 15.8 Å². The van der Waals surface area contributed by atoms with Crippen LogP contribution in [0.3, 0.4) is 0 Å². The number of hydrogen-bond acceptors (Lipinski definition) is 3. The number of benzene rings is 1. The third-order valence-corrected chi connectivity index (χ3v) is 2.54. The van der Waals surface area contributed by atoms with Crippen molar-refractivity contribution in [1.29, 1.82) is 0 Å². The number of ether oxygens (including phenoxy) is 1. The summed E-state index contributed by atoms with van der Waals surface area (Å²) < 4.78 is 5.07. The van der Waals surface area contributed by atoms with E-state index in [4.69, 9.17) is 10.5 Å². The van der Waals surface area contributed by atoms with Crippen molar-refractivity contribution in [2.24, 2.45) is 5.73 Å². The second-order valence-electron chi connectivity index (χ2n) is 3.79. The normalized spacial score (nSPS) is 14.2. The lowest BCUT2D eigenvalue weighted by Crippen LogP contribution is -2.39. The van der Waals surface area contributed by atoms with Crippen LogP contribution >= 0.6 is 0 Å². The molecule has 0 aromatic heterocycles. The van der Waals surface area contributed by atoms with E-state index < -0.39 is 0 Å². The van der Waals surface area contributed by atoms with Gasteiger partial charge in [0, 0.05) is 6.04 Å². The Morgan fingerprint density at radius 2 is 1.88 bits per heavy atom. The maximum Gasteiger partial charge on any atom is 0.234 e. The van der Waals surface area contributed by atoms with Crippen LogP contribution in [0.1, 0.15) is 25.5 Å². The number of rotatable bonds is 5. The Morgan fingerprint density at radius 3 is 2.31 bits per heavy atom. The number of primary amides is 1. The number of amides is 1. The molecular formula is C12H18N2O2.